The number of carbonyl (C=O) groups is 1. The lowest BCUT2D eigenvalue weighted by molar-refractivity contribution is -0.902. The highest BCUT2D eigenvalue weighted by molar-refractivity contribution is 8.18. The Hall–Kier alpha value is -1.79. The van der Waals surface area contributed by atoms with Crippen molar-refractivity contribution in [2.24, 2.45) is 4.99 Å². The number of amidine groups is 1. The molecule has 0 atom stereocenters. The number of quaternary nitrogens is 1. The van der Waals surface area contributed by atoms with Crippen molar-refractivity contribution in [1.29, 1.82) is 0 Å². The monoisotopic (exact) mass is 346 g/mol. The van der Waals surface area contributed by atoms with Gasteiger partial charge in [-0.15, -0.1) is 0 Å². The molecule has 2 heterocycles. The lowest BCUT2D eigenvalue weighted by Gasteiger charge is -2.32. The zero-order chi connectivity index (χ0) is 16.9. The molecular weight excluding hydrogens is 322 g/mol. The molecule has 24 heavy (non-hydrogen) atoms. The average Bonchev–Trinajstić information content (AvgIpc) is 2.98. The van der Waals surface area contributed by atoms with Crippen LogP contribution in [0.4, 0.5) is 0 Å². The fourth-order valence-electron chi connectivity index (χ4n) is 2.88. The molecule has 3 rings (SSSR count). The molecular formula is C18H24N3O2S+. The molecule has 1 aromatic rings. The molecule has 0 bridgehead atoms. The first-order valence-electron chi connectivity index (χ1n) is 8.53. The fourth-order valence-corrected chi connectivity index (χ4v) is 3.84. The van der Waals surface area contributed by atoms with Gasteiger partial charge in [0.1, 0.15) is 5.75 Å². The van der Waals surface area contributed by atoms with Crippen LogP contribution >= 0.6 is 11.8 Å². The number of hydrogen-bond acceptors (Lipinski definition) is 4. The Morgan fingerprint density at radius 3 is 2.58 bits per heavy atom. The topological polar surface area (TPSA) is 46.3 Å². The van der Waals surface area contributed by atoms with E-state index in [1.807, 2.05) is 37.3 Å². The molecule has 0 saturated carbocycles. The van der Waals surface area contributed by atoms with Crippen LogP contribution < -0.4 is 9.64 Å². The second-order valence-electron chi connectivity index (χ2n) is 5.90. The van der Waals surface area contributed by atoms with E-state index in [0.717, 1.165) is 49.2 Å². The zero-order valence-corrected chi connectivity index (χ0v) is 15.1. The zero-order valence-electron chi connectivity index (χ0n) is 14.2. The predicted octanol–water partition coefficient (Wildman–Crippen LogP) is 1.28. The molecule has 128 valence electrons. The molecule has 1 N–H and O–H groups in total. The molecule has 2 aliphatic heterocycles. The summed E-state index contributed by atoms with van der Waals surface area (Å²) in [5, 5.41) is 0.854. The largest absolute Gasteiger partial charge is 0.494 e. The minimum absolute atomic E-state index is 0.130. The van der Waals surface area contributed by atoms with Gasteiger partial charge in [-0.3, -0.25) is 4.79 Å². The van der Waals surface area contributed by atoms with Crippen LogP contribution in [0.3, 0.4) is 0 Å². The maximum absolute atomic E-state index is 12.2. The van der Waals surface area contributed by atoms with E-state index in [-0.39, 0.29) is 5.91 Å². The lowest BCUT2D eigenvalue weighted by atomic mass is 10.2. The summed E-state index contributed by atoms with van der Waals surface area (Å²) in [6.07, 6.45) is 1.91. The van der Waals surface area contributed by atoms with Gasteiger partial charge in [0, 0.05) is 0 Å². The summed E-state index contributed by atoms with van der Waals surface area (Å²) in [5.74, 6) is 0.715. The van der Waals surface area contributed by atoms with Crippen molar-refractivity contribution in [3.05, 3.63) is 34.7 Å². The van der Waals surface area contributed by atoms with Crippen LogP contribution in [-0.2, 0) is 4.79 Å². The number of ether oxygens (including phenoxy) is 1. The van der Waals surface area contributed by atoms with E-state index in [2.05, 4.69) is 16.8 Å². The summed E-state index contributed by atoms with van der Waals surface area (Å²) < 4.78 is 5.44. The highest BCUT2D eigenvalue weighted by atomic mass is 32.2. The first kappa shape index (κ1) is 17.0. The van der Waals surface area contributed by atoms with Crippen molar-refractivity contribution in [3.63, 3.8) is 0 Å². The summed E-state index contributed by atoms with van der Waals surface area (Å²) >= 11 is 1.49. The second kappa shape index (κ2) is 7.85. The van der Waals surface area contributed by atoms with E-state index in [9.17, 15) is 4.79 Å². The van der Waals surface area contributed by atoms with Crippen LogP contribution in [0.2, 0.25) is 0 Å². The van der Waals surface area contributed by atoms with Gasteiger partial charge in [-0.2, -0.15) is 4.99 Å². The van der Waals surface area contributed by atoms with Gasteiger partial charge >= 0.3 is 0 Å². The predicted molar refractivity (Wildman–Crippen MR) is 98.4 cm³/mol. The molecule has 2 aliphatic rings. The number of hydrogen-bond donors (Lipinski definition) is 1. The van der Waals surface area contributed by atoms with E-state index >= 15 is 0 Å². The molecule has 1 amide bonds. The van der Waals surface area contributed by atoms with Gasteiger partial charge in [0.25, 0.3) is 5.91 Å². The Morgan fingerprint density at radius 1 is 1.25 bits per heavy atom. The van der Waals surface area contributed by atoms with Gasteiger partial charge in [0.05, 0.1) is 44.2 Å². The highest BCUT2D eigenvalue weighted by Gasteiger charge is 2.29. The Morgan fingerprint density at radius 2 is 1.96 bits per heavy atom. The number of thioether (sulfide) groups is 1. The van der Waals surface area contributed by atoms with Crippen LogP contribution in [0.5, 0.6) is 5.75 Å². The number of rotatable bonds is 4. The van der Waals surface area contributed by atoms with E-state index in [4.69, 9.17) is 4.74 Å². The molecule has 0 aromatic heterocycles. The molecule has 1 aromatic carbocycles. The number of nitrogens with one attached hydrogen (secondary N) is 1. The van der Waals surface area contributed by atoms with Crippen LogP contribution in [0.15, 0.2) is 34.2 Å². The van der Waals surface area contributed by atoms with Gasteiger partial charge in [0.15, 0.2) is 5.17 Å². The normalized spacial score (nSPS) is 20.6. The van der Waals surface area contributed by atoms with Crippen LogP contribution in [0.1, 0.15) is 19.4 Å². The molecule has 0 radical (unpaired) electrons. The summed E-state index contributed by atoms with van der Waals surface area (Å²) in [6.45, 7) is 10.2. The van der Waals surface area contributed by atoms with Crippen molar-refractivity contribution in [1.82, 2.24) is 4.90 Å². The van der Waals surface area contributed by atoms with E-state index in [1.54, 1.807) is 4.90 Å². The van der Waals surface area contributed by atoms with E-state index in [1.165, 1.54) is 11.8 Å². The molecule has 0 aliphatic carbocycles. The summed E-state index contributed by atoms with van der Waals surface area (Å²) in [7, 11) is 0. The third-order valence-electron chi connectivity index (χ3n) is 4.34. The molecule has 5 nitrogen and oxygen atoms in total. The second-order valence-corrected chi connectivity index (χ2v) is 6.91. The number of piperazine rings is 1. The van der Waals surface area contributed by atoms with Gasteiger partial charge < -0.3 is 14.5 Å². The first-order valence-corrected chi connectivity index (χ1v) is 9.35. The van der Waals surface area contributed by atoms with Crippen molar-refractivity contribution in [3.8, 4) is 5.75 Å². The average molecular weight is 346 g/mol. The maximum Gasteiger partial charge on any atom is 0.286 e. The highest BCUT2D eigenvalue weighted by Crippen LogP contribution is 2.30. The van der Waals surface area contributed by atoms with Crippen LogP contribution in [0.25, 0.3) is 6.08 Å². The number of amides is 1. The Labute approximate surface area is 147 Å². The number of likely N-dealkylation sites (N-methyl/N-ethyl adjacent to an activating group) is 1. The molecule has 1 saturated heterocycles. The van der Waals surface area contributed by atoms with Gasteiger partial charge in [-0.25, -0.2) is 0 Å². The molecule has 6 heteroatoms. The maximum atomic E-state index is 12.2. The molecule has 0 unspecified atom stereocenters. The van der Waals surface area contributed by atoms with E-state index < -0.39 is 0 Å². The van der Waals surface area contributed by atoms with Gasteiger partial charge in [-0.1, -0.05) is 12.1 Å². The number of nitrogens with zero attached hydrogens (tertiary/aromatic N) is 2. The number of benzene rings is 1. The standard InChI is InChI=1S/C18H23N3O2S/c1-3-20-9-11-21(12-10-20)18-19-17(22)16(24-18)13-14-5-7-15(8-6-14)23-4-2/h5-8,13H,3-4,9-12H2,1-2H3/p+1/b16-13-. The smallest absolute Gasteiger partial charge is 0.286 e. The Kier molecular flexibility index (Phi) is 5.58. The summed E-state index contributed by atoms with van der Waals surface area (Å²) in [6, 6.07) is 7.78. The van der Waals surface area contributed by atoms with E-state index in [0.29, 0.717) is 11.5 Å². The molecule has 1 fully saturated rings. The first-order chi connectivity index (χ1) is 11.7. The summed E-state index contributed by atoms with van der Waals surface area (Å²) in [4.78, 5) is 21.0. The molecule has 0 spiro atoms. The fraction of sp³-hybridized carbons (Fsp3) is 0.444. The van der Waals surface area contributed by atoms with Gasteiger partial charge in [0.2, 0.25) is 0 Å². The quantitative estimate of drug-likeness (QED) is 0.835. The van der Waals surface area contributed by atoms with Crippen LogP contribution in [0, 0.1) is 0 Å². The lowest BCUT2D eigenvalue weighted by Crippen LogP contribution is -3.14. The third kappa shape index (κ3) is 3.99. The van der Waals surface area contributed by atoms with Crippen molar-refractivity contribution in [2.45, 2.75) is 13.8 Å². The number of carbonyl (C=O) groups excluding carboxylic acids is 1. The minimum Gasteiger partial charge on any atom is -0.494 e. The van der Waals surface area contributed by atoms with Crippen molar-refractivity contribution < 1.29 is 14.4 Å². The Bertz CT molecular complexity index is 647. The third-order valence-corrected chi connectivity index (χ3v) is 5.38. The summed E-state index contributed by atoms with van der Waals surface area (Å²) in [5.41, 5.74) is 0.992. The van der Waals surface area contributed by atoms with Crippen molar-refractivity contribution in [2.75, 3.05) is 39.3 Å². The van der Waals surface area contributed by atoms with Crippen LogP contribution in [-0.4, -0.2) is 55.3 Å². The number of aliphatic imine (C=N–C) groups is 1. The SMILES string of the molecule is CCOc1ccc(/C=C2\SC(N3CC[NH+](CC)CC3)=NC2=O)cc1. The van der Waals surface area contributed by atoms with Gasteiger partial charge in [-0.05, 0) is 49.4 Å². The Balaban J connectivity index is 1.64. The minimum atomic E-state index is -0.130. The van der Waals surface area contributed by atoms with Crippen molar-refractivity contribution >= 4 is 28.9 Å².